The second kappa shape index (κ2) is 11.3. The van der Waals surface area contributed by atoms with Gasteiger partial charge < -0.3 is 20.7 Å². The zero-order valence-corrected chi connectivity index (χ0v) is 20.2. The van der Waals surface area contributed by atoms with Crippen LogP contribution in [-0.4, -0.2) is 52.9 Å². The van der Waals surface area contributed by atoms with Crippen LogP contribution >= 0.6 is 11.6 Å². The van der Waals surface area contributed by atoms with E-state index in [0.29, 0.717) is 47.1 Å². The highest BCUT2D eigenvalue weighted by Gasteiger charge is 2.26. The fourth-order valence-electron chi connectivity index (χ4n) is 4.19. The van der Waals surface area contributed by atoms with Crippen molar-refractivity contribution >= 4 is 29.2 Å². The van der Waals surface area contributed by atoms with Gasteiger partial charge in [0.1, 0.15) is 28.6 Å². The van der Waals surface area contributed by atoms with Gasteiger partial charge in [-0.25, -0.2) is 9.97 Å². The van der Waals surface area contributed by atoms with Crippen molar-refractivity contribution in [2.75, 3.05) is 25.9 Å². The fourth-order valence-corrected chi connectivity index (χ4v) is 4.51. The molecule has 0 aliphatic carbocycles. The molecule has 0 radical (unpaired) electrons. The standard InChI is InChI=1S/C24H32ClN5O3/c1-15(27-23(31)18-7-9-19(33-3)10-8-18)24(32)30-13-4-5-17(12-14-30)6-11-20-21(25)28-16(2)29-22(20)26/h7-10,15,17H,4-6,11-14H2,1-3H3,(H,27,31)(H2,26,28,29)/t15-,17+/m0/s1. The normalized spacial score (nSPS) is 17.2. The number of rotatable bonds is 7. The molecule has 178 valence electrons. The Hall–Kier alpha value is -2.87. The molecule has 0 bridgehead atoms. The number of aromatic nitrogens is 2. The number of nitrogens with one attached hydrogen (secondary N) is 1. The molecule has 8 nitrogen and oxygen atoms in total. The molecule has 0 saturated carbocycles. The smallest absolute Gasteiger partial charge is 0.251 e. The summed E-state index contributed by atoms with van der Waals surface area (Å²) in [6.07, 6.45) is 4.49. The number of aryl methyl sites for hydroxylation is 1. The average molecular weight is 474 g/mol. The monoisotopic (exact) mass is 473 g/mol. The van der Waals surface area contributed by atoms with Crippen molar-refractivity contribution in [2.45, 2.75) is 52.0 Å². The molecule has 1 aliphatic heterocycles. The maximum Gasteiger partial charge on any atom is 0.251 e. The van der Waals surface area contributed by atoms with Gasteiger partial charge in [0, 0.05) is 24.2 Å². The van der Waals surface area contributed by atoms with Gasteiger partial charge in [-0.3, -0.25) is 9.59 Å². The number of amides is 2. The van der Waals surface area contributed by atoms with Crippen LogP contribution in [0, 0.1) is 12.8 Å². The quantitative estimate of drug-likeness (QED) is 0.596. The van der Waals surface area contributed by atoms with E-state index in [-0.39, 0.29) is 11.8 Å². The van der Waals surface area contributed by atoms with Crippen molar-refractivity contribution in [1.29, 1.82) is 0 Å². The number of nitrogens with zero attached hydrogens (tertiary/aromatic N) is 3. The largest absolute Gasteiger partial charge is 0.497 e. The lowest BCUT2D eigenvalue weighted by atomic mass is 9.93. The molecule has 0 spiro atoms. The zero-order valence-electron chi connectivity index (χ0n) is 19.4. The van der Waals surface area contributed by atoms with Gasteiger partial charge in [0.25, 0.3) is 5.91 Å². The van der Waals surface area contributed by atoms with Crippen LogP contribution in [0.25, 0.3) is 0 Å². The van der Waals surface area contributed by atoms with Gasteiger partial charge in [0.15, 0.2) is 0 Å². The van der Waals surface area contributed by atoms with Crippen molar-refractivity contribution in [1.82, 2.24) is 20.2 Å². The predicted octanol–water partition coefficient (Wildman–Crippen LogP) is 3.41. The Morgan fingerprint density at radius 1 is 1.24 bits per heavy atom. The minimum absolute atomic E-state index is 0.0586. The van der Waals surface area contributed by atoms with Gasteiger partial charge >= 0.3 is 0 Å². The van der Waals surface area contributed by atoms with E-state index in [9.17, 15) is 9.59 Å². The summed E-state index contributed by atoms with van der Waals surface area (Å²) in [5, 5.41) is 3.24. The van der Waals surface area contributed by atoms with E-state index in [4.69, 9.17) is 22.1 Å². The number of likely N-dealkylation sites (tertiary alicyclic amines) is 1. The number of nitrogens with two attached hydrogens (primary N) is 1. The summed E-state index contributed by atoms with van der Waals surface area (Å²) in [6, 6.07) is 6.21. The molecular formula is C24H32ClN5O3. The number of nitrogen functional groups attached to an aromatic ring is 1. The molecular weight excluding hydrogens is 442 g/mol. The lowest BCUT2D eigenvalue weighted by molar-refractivity contribution is -0.132. The number of ether oxygens (including phenoxy) is 1. The molecule has 1 fully saturated rings. The number of benzene rings is 1. The number of halogens is 1. The third-order valence-corrected chi connectivity index (χ3v) is 6.45. The van der Waals surface area contributed by atoms with Crippen molar-refractivity contribution in [3.63, 3.8) is 0 Å². The van der Waals surface area contributed by atoms with Gasteiger partial charge in [-0.15, -0.1) is 0 Å². The van der Waals surface area contributed by atoms with E-state index in [2.05, 4.69) is 15.3 Å². The predicted molar refractivity (Wildman–Crippen MR) is 128 cm³/mol. The number of methoxy groups -OCH3 is 1. The van der Waals surface area contributed by atoms with E-state index in [0.717, 1.165) is 37.7 Å². The molecule has 0 unspecified atom stereocenters. The van der Waals surface area contributed by atoms with E-state index in [1.807, 2.05) is 4.90 Å². The third-order valence-electron chi connectivity index (χ3n) is 6.13. The summed E-state index contributed by atoms with van der Waals surface area (Å²) < 4.78 is 5.12. The molecule has 33 heavy (non-hydrogen) atoms. The number of anilines is 1. The number of hydrogen-bond acceptors (Lipinski definition) is 6. The SMILES string of the molecule is COc1ccc(C(=O)N[C@@H](C)C(=O)N2CCC[C@H](CCc3c(N)nc(C)nc3Cl)CC2)cc1. The molecule has 1 aromatic carbocycles. The molecule has 2 heterocycles. The lowest BCUT2D eigenvalue weighted by Gasteiger charge is -2.25. The molecule has 1 saturated heterocycles. The zero-order chi connectivity index (χ0) is 24.0. The number of carbonyl (C=O) groups excluding carboxylic acids is 2. The number of carbonyl (C=O) groups is 2. The Balaban J connectivity index is 1.51. The lowest BCUT2D eigenvalue weighted by Crippen LogP contribution is -2.47. The maximum absolute atomic E-state index is 13.0. The first-order valence-corrected chi connectivity index (χ1v) is 11.7. The van der Waals surface area contributed by atoms with Crippen molar-refractivity contribution in [3.05, 3.63) is 46.4 Å². The first kappa shape index (κ1) is 24.8. The van der Waals surface area contributed by atoms with Crippen LogP contribution in [-0.2, 0) is 11.2 Å². The van der Waals surface area contributed by atoms with Gasteiger partial charge in [-0.05, 0) is 76.1 Å². The van der Waals surface area contributed by atoms with Crippen LogP contribution in [0.4, 0.5) is 5.82 Å². The molecule has 2 amide bonds. The van der Waals surface area contributed by atoms with Gasteiger partial charge in [0.2, 0.25) is 5.91 Å². The summed E-state index contributed by atoms with van der Waals surface area (Å²) in [4.78, 5) is 35.7. The molecule has 2 aromatic rings. The van der Waals surface area contributed by atoms with E-state index in [1.165, 1.54) is 0 Å². The van der Waals surface area contributed by atoms with Gasteiger partial charge in [-0.1, -0.05) is 11.6 Å². The Morgan fingerprint density at radius 2 is 1.97 bits per heavy atom. The van der Waals surface area contributed by atoms with Crippen LogP contribution in [0.1, 0.15) is 54.4 Å². The van der Waals surface area contributed by atoms with Gasteiger partial charge in [-0.2, -0.15) is 0 Å². The van der Waals surface area contributed by atoms with Crippen LogP contribution in [0.5, 0.6) is 5.75 Å². The summed E-state index contributed by atoms with van der Waals surface area (Å²) in [5.41, 5.74) is 7.32. The number of hydrogen-bond donors (Lipinski definition) is 2. The van der Waals surface area contributed by atoms with Crippen molar-refractivity contribution in [3.8, 4) is 5.75 Å². The summed E-state index contributed by atoms with van der Waals surface area (Å²) in [5.74, 6) is 1.81. The third kappa shape index (κ3) is 6.57. The van der Waals surface area contributed by atoms with E-state index < -0.39 is 6.04 Å². The first-order valence-electron chi connectivity index (χ1n) is 11.3. The second-order valence-corrected chi connectivity index (χ2v) is 8.87. The fraction of sp³-hybridized carbons (Fsp3) is 0.500. The van der Waals surface area contributed by atoms with Crippen molar-refractivity contribution in [2.24, 2.45) is 5.92 Å². The Bertz CT molecular complexity index is 960. The Morgan fingerprint density at radius 3 is 2.64 bits per heavy atom. The molecule has 1 aliphatic rings. The highest BCUT2D eigenvalue weighted by atomic mass is 35.5. The van der Waals surface area contributed by atoms with Crippen molar-refractivity contribution < 1.29 is 14.3 Å². The highest BCUT2D eigenvalue weighted by molar-refractivity contribution is 6.30. The molecule has 3 N–H and O–H groups in total. The van der Waals surface area contributed by atoms with Crippen LogP contribution in [0.15, 0.2) is 24.3 Å². The molecule has 2 atom stereocenters. The Labute approximate surface area is 199 Å². The summed E-state index contributed by atoms with van der Waals surface area (Å²) >= 11 is 6.26. The van der Waals surface area contributed by atoms with Gasteiger partial charge in [0.05, 0.1) is 7.11 Å². The first-order chi connectivity index (χ1) is 15.8. The van der Waals surface area contributed by atoms with Crippen LogP contribution < -0.4 is 15.8 Å². The van der Waals surface area contributed by atoms with Crippen LogP contribution in [0.2, 0.25) is 5.15 Å². The minimum Gasteiger partial charge on any atom is -0.497 e. The second-order valence-electron chi connectivity index (χ2n) is 8.51. The average Bonchev–Trinajstić information content (AvgIpc) is 3.03. The summed E-state index contributed by atoms with van der Waals surface area (Å²) in [6.45, 7) is 4.85. The molecule has 9 heteroatoms. The van der Waals surface area contributed by atoms with E-state index >= 15 is 0 Å². The maximum atomic E-state index is 13.0. The Kier molecular flexibility index (Phi) is 8.49. The topological polar surface area (TPSA) is 110 Å². The highest BCUT2D eigenvalue weighted by Crippen LogP contribution is 2.27. The van der Waals surface area contributed by atoms with E-state index in [1.54, 1.807) is 45.2 Å². The summed E-state index contributed by atoms with van der Waals surface area (Å²) in [7, 11) is 1.57. The molecule has 3 rings (SSSR count). The molecule has 1 aromatic heterocycles. The minimum atomic E-state index is -0.598. The van der Waals surface area contributed by atoms with Crippen LogP contribution in [0.3, 0.4) is 0 Å².